The number of carboxylic acid groups (broad SMARTS) is 1. The van der Waals surface area contributed by atoms with Crippen molar-refractivity contribution in [2.45, 2.75) is 37.1 Å². The Morgan fingerprint density at radius 3 is 2.43 bits per heavy atom. The third-order valence-electron chi connectivity index (χ3n) is 3.74. The van der Waals surface area contributed by atoms with Crippen LogP contribution in [0.2, 0.25) is 0 Å². The Bertz CT molecular complexity index is 265. The molecule has 5 heteroatoms. The number of morpholine rings is 1. The quantitative estimate of drug-likeness (QED) is 0.574. The zero-order valence-corrected chi connectivity index (χ0v) is 7.80. The summed E-state index contributed by atoms with van der Waals surface area (Å²) in [4.78, 5) is 12.6. The van der Waals surface area contributed by atoms with E-state index in [0.29, 0.717) is 12.5 Å². The van der Waals surface area contributed by atoms with Crippen molar-refractivity contribution in [2.24, 2.45) is 11.7 Å². The predicted octanol–water partition coefficient (Wildman–Crippen LogP) is -0.147. The fraction of sp³-hybridized carbons (Fsp3) is 0.889. The van der Waals surface area contributed by atoms with Crippen molar-refractivity contribution < 1.29 is 14.6 Å². The predicted molar refractivity (Wildman–Crippen MR) is 47.9 cm³/mol. The van der Waals surface area contributed by atoms with E-state index < -0.39 is 6.09 Å². The molecule has 3 N–H and O–H groups in total. The summed E-state index contributed by atoms with van der Waals surface area (Å²) in [7, 11) is 0. The summed E-state index contributed by atoms with van der Waals surface area (Å²) >= 11 is 0. The number of piperidine rings is 1. The lowest BCUT2D eigenvalue weighted by atomic mass is 9.90. The van der Waals surface area contributed by atoms with E-state index in [0.717, 1.165) is 12.8 Å². The van der Waals surface area contributed by atoms with Crippen LogP contribution in [0.4, 0.5) is 4.79 Å². The molecule has 78 valence electrons. The van der Waals surface area contributed by atoms with Crippen LogP contribution in [0.15, 0.2) is 0 Å². The van der Waals surface area contributed by atoms with Crippen LogP contribution in [0, 0.1) is 5.92 Å². The lowest BCUT2D eigenvalue weighted by Gasteiger charge is -2.38. The molecule has 3 fully saturated rings. The summed E-state index contributed by atoms with van der Waals surface area (Å²) in [6.07, 6.45) is 1.30. The summed E-state index contributed by atoms with van der Waals surface area (Å²) in [5.41, 5.74) is 5.63. The van der Waals surface area contributed by atoms with Crippen molar-refractivity contribution >= 4 is 6.09 Å². The lowest BCUT2D eigenvalue weighted by Crippen LogP contribution is -2.51. The molecule has 2 bridgehead atoms. The van der Waals surface area contributed by atoms with Crippen LogP contribution >= 0.6 is 0 Å². The minimum atomic E-state index is -0.800. The van der Waals surface area contributed by atoms with Crippen LogP contribution in [0.5, 0.6) is 0 Å². The summed E-state index contributed by atoms with van der Waals surface area (Å²) in [5.74, 6) is 0.483. The number of hydrogen-bond acceptors (Lipinski definition) is 3. The minimum absolute atomic E-state index is 0.0739. The number of epoxide rings is 1. The molecule has 0 aliphatic carbocycles. The molecule has 0 aromatic carbocycles. The average Bonchev–Trinajstić information content (AvgIpc) is 2.90. The smallest absolute Gasteiger partial charge is 0.407 e. The van der Waals surface area contributed by atoms with Gasteiger partial charge in [-0.2, -0.15) is 0 Å². The summed E-state index contributed by atoms with van der Waals surface area (Å²) in [6, 6.07) is 0.148. The van der Waals surface area contributed by atoms with Crippen LogP contribution < -0.4 is 5.73 Å². The van der Waals surface area contributed by atoms with Gasteiger partial charge in [-0.15, -0.1) is 0 Å². The molecule has 4 atom stereocenters. The van der Waals surface area contributed by atoms with Crippen molar-refractivity contribution in [2.75, 3.05) is 6.54 Å². The molecule has 1 amide bonds. The van der Waals surface area contributed by atoms with E-state index in [-0.39, 0.29) is 24.3 Å². The summed E-state index contributed by atoms with van der Waals surface area (Å²) in [5, 5.41) is 9.06. The van der Waals surface area contributed by atoms with Gasteiger partial charge in [-0.25, -0.2) is 4.79 Å². The number of fused-ring (bicyclic) bond motifs is 5. The molecule has 3 rings (SSSR count). The van der Waals surface area contributed by atoms with Gasteiger partial charge in [-0.1, -0.05) is 0 Å². The van der Waals surface area contributed by atoms with Crippen LogP contribution in [-0.4, -0.2) is 46.9 Å². The largest absolute Gasteiger partial charge is 0.465 e. The molecular formula is C9H14N2O3. The fourth-order valence-corrected chi connectivity index (χ4v) is 3.07. The highest BCUT2D eigenvalue weighted by atomic mass is 16.6. The fourth-order valence-electron chi connectivity index (χ4n) is 3.07. The third kappa shape index (κ3) is 0.938. The Kier molecular flexibility index (Phi) is 1.58. The maximum atomic E-state index is 11.0. The maximum absolute atomic E-state index is 11.0. The highest BCUT2D eigenvalue weighted by Crippen LogP contribution is 2.49. The van der Waals surface area contributed by atoms with Crippen LogP contribution in [-0.2, 0) is 4.74 Å². The molecule has 3 saturated heterocycles. The summed E-state index contributed by atoms with van der Waals surface area (Å²) in [6.45, 7) is 0.667. The molecule has 4 unspecified atom stereocenters. The van der Waals surface area contributed by atoms with Gasteiger partial charge in [-0.3, -0.25) is 4.90 Å². The van der Waals surface area contributed by atoms with Gasteiger partial charge >= 0.3 is 6.09 Å². The van der Waals surface area contributed by atoms with E-state index >= 15 is 0 Å². The van der Waals surface area contributed by atoms with Gasteiger partial charge in [0.2, 0.25) is 0 Å². The number of nitrogens with two attached hydrogens (primary N) is 1. The van der Waals surface area contributed by atoms with Crippen molar-refractivity contribution in [1.82, 2.24) is 4.90 Å². The van der Waals surface area contributed by atoms with Gasteiger partial charge in [0.15, 0.2) is 0 Å². The first-order valence-corrected chi connectivity index (χ1v) is 5.09. The van der Waals surface area contributed by atoms with Gasteiger partial charge in [0.25, 0.3) is 0 Å². The van der Waals surface area contributed by atoms with Gasteiger partial charge in [-0.05, 0) is 25.3 Å². The SMILES string of the molecule is NCC1CC2C3OC3C(C1)N2C(=O)O. The van der Waals surface area contributed by atoms with Gasteiger partial charge in [0, 0.05) is 0 Å². The zero-order valence-electron chi connectivity index (χ0n) is 7.80. The van der Waals surface area contributed by atoms with Crippen molar-refractivity contribution in [1.29, 1.82) is 0 Å². The minimum Gasteiger partial charge on any atom is -0.465 e. The molecule has 0 radical (unpaired) electrons. The van der Waals surface area contributed by atoms with Crippen molar-refractivity contribution in [3.63, 3.8) is 0 Å². The second kappa shape index (κ2) is 2.61. The van der Waals surface area contributed by atoms with E-state index in [1.807, 2.05) is 0 Å². The molecule has 5 nitrogen and oxygen atoms in total. The van der Waals surface area contributed by atoms with Crippen LogP contribution in [0.1, 0.15) is 12.8 Å². The van der Waals surface area contributed by atoms with E-state index in [4.69, 9.17) is 15.6 Å². The first kappa shape index (κ1) is 8.49. The Labute approximate surface area is 81.8 Å². The number of carbonyl (C=O) groups is 1. The van der Waals surface area contributed by atoms with E-state index in [1.165, 1.54) is 0 Å². The first-order chi connectivity index (χ1) is 6.72. The Morgan fingerprint density at radius 1 is 1.43 bits per heavy atom. The molecule has 3 heterocycles. The molecule has 3 aliphatic rings. The number of nitrogens with zero attached hydrogens (tertiary/aromatic N) is 1. The molecule has 0 aromatic heterocycles. The topological polar surface area (TPSA) is 79.1 Å². The van der Waals surface area contributed by atoms with E-state index in [2.05, 4.69) is 0 Å². The zero-order chi connectivity index (χ0) is 9.87. The number of hydrogen-bond donors (Lipinski definition) is 2. The summed E-state index contributed by atoms with van der Waals surface area (Å²) < 4.78 is 5.45. The molecule has 0 saturated carbocycles. The van der Waals surface area contributed by atoms with Gasteiger partial charge in [0.05, 0.1) is 12.1 Å². The molecular weight excluding hydrogens is 184 g/mol. The van der Waals surface area contributed by atoms with Gasteiger partial charge < -0.3 is 15.6 Å². The van der Waals surface area contributed by atoms with Crippen molar-refractivity contribution in [3.05, 3.63) is 0 Å². The average molecular weight is 198 g/mol. The normalized spacial score (nSPS) is 48.9. The highest BCUT2D eigenvalue weighted by molar-refractivity contribution is 5.67. The number of ether oxygens (including phenoxy) is 1. The van der Waals surface area contributed by atoms with Crippen LogP contribution in [0.3, 0.4) is 0 Å². The molecule has 3 aliphatic heterocycles. The lowest BCUT2D eigenvalue weighted by molar-refractivity contribution is 0.0331. The first-order valence-electron chi connectivity index (χ1n) is 5.09. The molecule has 14 heavy (non-hydrogen) atoms. The number of amides is 1. The highest BCUT2D eigenvalue weighted by Gasteiger charge is 2.64. The second-order valence-corrected chi connectivity index (χ2v) is 4.46. The molecule has 0 spiro atoms. The Morgan fingerprint density at radius 2 is 2.00 bits per heavy atom. The monoisotopic (exact) mass is 198 g/mol. The van der Waals surface area contributed by atoms with Crippen molar-refractivity contribution in [3.8, 4) is 0 Å². The standard InChI is InChI=1S/C9H14N2O3/c10-3-4-1-5-7-8(14-7)6(2-4)11(5)9(12)13/h4-8H,1-3,10H2,(H,12,13). The number of rotatable bonds is 1. The van der Waals surface area contributed by atoms with Gasteiger partial charge in [0.1, 0.15) is 12.2 Å². The maximum Gasteiger partial charge on any atom is 0.407 e. The third-order valence-corrected chi connectivity index (χ3v) is 3.74. The second-order valence-electron chi connectivity index (χ2n) is 4.46. The van der Waals surface area contributed by atoms with E-state index in [9.17, 15) is 4.79 Å². The van der Waals surface area contributed by atoms with Crippen LogP contribution in [0.25, 0.3) is 0 Å². The van der Waals surface area contributed by atoms with E-state index in [1.54, 1.807) is 4.90 Å². The molecule has 0 aromatic rings. The Balaban J connectivity index is 1.84. The Hall–Kier alpha value is -0.810.